The van der Waals surface area contributed by atoms with Crippen molar-refractivity contribution in [2.45, 2.75) is 69.1 Å². The number of β-lactam (4-membered cyclic amide) rings is 1. The molecule has 4 amide bonds. The molecule has 160 valence electrons. The number of carbonyl (C=O) groups excluding carboxylic acids is 4. The van der Waals surface area contributed by atoms with Gasteiger partial charge in [-0.25, -0.2) is 0 Å². The van der Waals surface area contributed by atoms with Crippen LogP contribution in [-0.2, 0) is 19.2 Å². The largest absolute Gasteiger partial charge is 0.370 e. The Bertz CT molecular complexity index is 698. The van der Waals surface area contributed by atoms with E-state index in [9.17, 15) is 19.2 Å². The van der Waals surface area contributed by atoms with Crippen molar-refractivity contribution in [1.82, 2.24) is 20.9 Å². The van der Waals surface area contributed by atoms with Crippen molar-refractivity contribution >= 4 is 29.6 Å². The molecule has 1 saturated carbocycles. The highest BCUT2D eigenvalue weighted by Gasteiger charge is 2.38. The van der Waals surface area contributed by atoms with Crippen LogP contribution in [0.25, 0.3) is 0 Å². The molecule has 0 spiro atoms. The zero-order valence-electron chi connectivity index (χ0n) is 16.4. The first-order valence-electron chi connectivity index (χ1n) is 10.1. The van der Waals surface area contributed by atoms with E-state index in [1.807, 2.05) is 0 Å². The molecule has 2 saturated heterocycles. The molecule has 3 atom stereocenters. The molecule has 0 aromatic carbocycles. The Labute approximate surface area is 169 Å². The number of nitrogens with one attached hydrogen (secondary N) is 3. The molecule has 29 heavy (non-hydrogen) atoms. The minimum absolute atomic E-state index is 0.105. The summed E-state index contributed by atoms with van der Waals surface area (Å²) in [6, 6.07) is -1.68. The summed E-state index contributed by atoms with van der Waals surface area (Å²) in [5.41, 5.74) is 11.2. The van der Waals surface area contributed by atoms with Gasteiger partial charge in [-0.05, 0) is 38.5 Å². The van der Waals surface area contributed by atoms with Gasteiger partial charge in [-0.15, -0.1) is 0 Å². The molecule has 0 bridgehead atoms. The van der Waals surface area contributed by atoms with Crippen molar-refractivity contribution < 1.29 is 19.2 Å². The smallest absolute Gasteiger partial charge is 0.245 e. The molecule has 0 aromatic heterocycles. The van der Waals surface area contributed by atoms with Gasteiger partial charge in [0.15, 0.2) is 5.96 Å². The predicted octanol–water partition coefficient (Wildman–Crippen LogP) is -2.32. The van der Waals surface area contributed by atoms with Gasteiger partial charge in [-0.3, -0.25) is 24.2 Å². The van der Waals surface area contributed by atoms with Crippen molar-refractivity contribution in [3.05, 3.63) is 0 Å². The Morgan fingerprint density at radius 2 is 1.97 bits per heavy atom. The van der Waals surface area contributed by atoms with Crippen LogP contribution >= 0.6 is 0 Å². The summed E-state index contributed by atoms with van der Waals surface area (Å²) in [6.07, 6.45) is 4.36. The van der Waals surface area contributed by atoms with Crippen molar-refractivity contribution in [3.63, 3.8) is 0 Å². The second-order valence-electron chi connectivity index (χ2n) is 7.81. The van der Waals surface area contributed by atoms with Crippen LogP contribution in [0.1, 0.15) is 44.9 Å². The van der Waals surface area contributed by atoms with Crippen LogP contribution in [0.2, 0.25) is 0 Å². The highest BCUT2D eigenvalue weighted by atomic mass is 16.2. The molecule has 3 rings (SSSR count). The zero-order chi connectivity index (χ0) is 21.0. The fourth-order valence-corrected chi connectivity index (χ4v) is 3.55. The third-order valence-electron chi connectivity index (χ3n) is 5.38. The SMILES string of the molecule is NC(=O)[C@@H]1CCCN1C(=O)[C@H](CCCN=C(N)NC1CC1)NC(=O)[C@@H]1CC(=O)N1. The number of hydrogen-bond acceptors (Lipinski definition) is 5. The number of rotatable bonds is 9. The topological polar surface area (TPSA) is 172 Å². The average Bonchev–Trinajstić information content (AvgIpc) is 3.31. The molecular formula is C18H29N7O4. The van der Waals surface area contributed by atoms with E-state index in [4.69, 9.17) is 11.5 Å². The highest BCUT2D eigenvalue weighted by Crippen LogP contribution is 2.20. The number of amides is 4. The second kappa shape index (κ2) is 9.10. The van der Waals surface area contributed by atoms with Gasteiger partial charge in [-0.1, -0.05) is 0 Å². The lowest BCUT2D eigenvalue weighted by molar-refractivity contribution is -0.142. The van der Waals surface area contributed by atoms with Gasteiger partial charge < -0.3 is 32.3 Å². The van der Waals surface area contributed by atoms with Gasteiger partial charge in [0.05, 0.1) is 6.42 Å². The summed E-state index contributed by atoms with van der Waals surface area (Å²) in [6.45, 7) is 0.833. The Morgan fingerprint density at radius 3 is 2.59 bits per heavy atom. The summed E-state index contributed by atoms with van der Waals surface area (Å²) >= 11 is 0. The third kappa shape index (κ3) is 5.58. The minimum atomic E-state index is -0.812. The van der Waals surface area contributed by atoms with Crippen LogP contribution in [0.15, 0.2) is 4.99 Å². The van der Waals surface area contributed by atoms with Crippen LogP contribution in [0.5, 0.6) is 0 Å². The average molecular weight is 407 g/mol. The third-order valence-corrected chi connectivity index (χ3v) is 5.38. The molecule has 11 heteroatoms. The van der Waals surface area contributed by atoms with Crippen LogP contribution < -0.4 is 27.4 Å². The number of hydrogen-bond donors (Lipinski definition) is 5. The number of primary amides is 1. The number of carbonyl (C=O) groups is 4. The van der Waals surface area contributed by atoms with Gasteiger partial charge in [0.2, 0.25) is 23.6 Å². The summed E-state index contributed by atoms with van der Waals surface area (Å²) in [5, 5.41) is 8.29. The number of guanidine groups is 1. The van der Waals surface area contributed by atoms with Crippen LogP contribution in [0.3, 0.4) is 0 Å². The minimum Gasteiger partial charge on any atom is -0.370 e. The first-order valence-corrected chi connectivity index (χ1v) is 10.1. The Balaban J connectivity index is 1.57. The fourth-order valence-electron chi connectivity index (χ4n) is 3.55. The zero-order valence-corrected chi connectivity index (χ0v) is 16.4. The Kier molecular flexibility index (Phi) is 6.55. The van der Waals surface area contributed by atoms with Crippen molar-refractivity contribution in [1.29, 1.82) is 0 Å². The van der Waals surface area contributed by atoms with Crippen LogP contribution in [-0.4, -0.2) is 71.7 Å². The lowest BCUT2D eigenvalue weighted by Gasteiger charge is -2.31. The van der Waals surface area contributed by atoms with E-state index in [0.29, 0.717) is 50.8 Å². The quantitative estimate of drug-likeness (QED) is 0.124. The molecule has 1 aliphatic carbocycles. The number of nitrogens with two attached hydrogens (primary N) is 2. The maximum absolute atomic E-state index is 13.0. The van der Waals surface area contributed by atoms with E-state index in [1.54, 1.807) is 0 Å². The number of aliphatic imine (C=N–C) groups is 1. The van der Waals surface area contributed by atoms with Crippen LogP contribution in [0, 0.1) is 0 Å². The lowest BCUT2D eigenvalue weighted by Crippen LogP contribution is -2.60. The molecule has 0 aromatic rings. The maximum Gasteiger partial charge on any atom is 0.245 e. The molecule has 2 aliphatic heterocycles. The maximum atomic E-state index is 13.0. The summed E-state index contributed by atoms with van der Waals surface area (Å²) in [7, 11) is 0. The van der Waals surface area contributed by atoms with Crippen molar-refractivity contribution in [2.75, 3.05) is 13.1 Å². The fraction of sp³-hybridized carbons (Fsp3) is 0.722. The molecule has 2 heterocycles. The second-order valence-corrected chi connectivity index (χ2v) is 7.81. The van der Waals surface area contributed by atoms with Gasteiger partial charge in [0, 0.05) is 19.1 Å². The lowest BCUT2D eigenvalue weighted by atomic mass is 10.0. The van der Waals surface area contributed by atoms with Crippen molar-refractivity contribution in [2.24, 2.45) is 16.5 Å². The van der Waals surface area contributed by atoms with Gasteiger partial charge >= 0.3 is 0 Å². The van der Waals surface area contributed by atoms with Gasteiger partial charge in [0.1, 0.15) is 18.1 Å². The molecule has 7 N–H and O–H groups in total. The van der Waals surface area contributed by atoms with Crippen molar-refractivity contribution in [3.8, 4) is 0 Å². The molecule has 3 aliphatic rings. The Hall–Kier alpha value is -2.85. The van der Waals surface area contributed by atoms with E-state index in [2.05, 4.69) is 20.9 Å². The van der Waals surface area contributed by atoms with Crippen LogP contribution in [0.4, 0.5) is 0 Å². The summed E-state index contributed by atoms with van der Waals surface area (Å²) < 4.78 is 0. The van der Waals surface area contributed by atoms with Gasteiger partial charge in [0.25, 0.3) is 0 Å². The predicted molar refractivity (Wildman–Crippen MR) is 104 cm³/mol. The first kappa shape index (κ1) is 20.9. The molecule has 11 nitrogen and oxygen atoms in total. The summed E-state index contributed by atoms with van der Waals surface area (Å²) in [4.78, 5) is 53.8. The van der Waals surface area contributed by atoms with E-state index in [1.165, 1.54) is 4.90 Å². The monoisotopic (exact) mass is 407 g/mol. The normalized spacial score (nSPS) is 25.0. The number of nitrogens with zero attached hydrogens (tertiary/aromatic N) is 2. The standard InChI is InChI=1S/C18H29N7O4/c19-15(27)13-4-2-8-25(13)17(29)11(24-16(28)12-9-14(26)23-12)3-1-7-21-18(20)22-10-5-6-10/h10-13H,1-9H2,(H2,19,27)(H,23,26)(H,24,28)(H3,20,21,22)/t11-,12-,13-/m0/s1. The highest BCUT2D eigenvalue weighted by molar-refractivity contribution is 5.99. The van der Waals surface area contributed by atoms with Gasteiger partial charge in [-0.2, -0.15) is 0 Å². The van der Waals surface area contributed by atoms with E-state index in [0.717, 1.165) is 12.8 Å². The Morgan fingerprint density at radius 1 is 1.24 bits per heavy atom. The number of likely N-dealkylation sites (tertiary alicyclic amines) is 1. The van der Waals surface area contributed by atoms with E-state index >= 15 is 0 Å². The summed E-state index contributed by atoms with van der Waals surface area (Å²) in [5.74, 6) is -1.11. The first-order chi connectivity index (χ1) is 13.8. The van der Waals surface area contributed by atoms with E-state index < -0.39 is 29.9 Å². The van der Waals surface area contributed by atoms with E-state index in [-0.39, 0.29) is 18.2 Å². The molecule has 0 unspecified atom stereocenters. The molecular weight excluding hydrogens is 378 g/mol. The molecule has 3 fully saturated rings. The molecule has 0 radical (unpaired) electrons.